The molecule has 6 heteroatoms. The Labute approximate surface area is 163 Å². The standard InChI is InChI=1S/C21H16ClNO3S/c22-18-11-6-16(7-12-18)8-15-21(24)17-9-13-19(14-10-17)23-27(25,26)20-4-2-1-3-5-20/h1-15,23H/b15-8+. The summed E-state index contributed by atoms with van der Waals surface area (Å²) in [6.07, 6.45) is 3.16. The van der Waals surface area contributed by atoms with Gasteiger partial charge in [0.2, 0.25) is 0 Å². The molecule has 3 aromatic rings. The Morgan fingerprint density at radius 1 is 0.852 bits per heavy atom. The third kappa shape index (κ3) is 5.06. The van der Waals surface area contributed by atoms with Crippen LogP contribution in [-0.4, -0.2) is 14.2 Å². The molecular formula is C21H16ClNO3S. The van der Waals surface area contributed by atoms with E-state index < -0.39 is 10.0 Å². The van der Waals surface area contributed by atoms with Gasteiger partial charge in [0.1, 0.15) is 0 Å². The number of carbonyl (C=O) groups is 1. The highest BCUT2D eigenvalue weighted by Crippen LogP contribution is 2.17. The lowest BCUT2D eigenvalue weighted by Gasteiger charge is -2.08. The maximum Gasteiger partial charge on any atom is 0.261 e. The average molecular weight is 398 g/mol. The number of carbonyl (C=O) groups excluding carboxylic acids is 1. The Morgan fingerprint density at radius 3 is 2.11 bits per heavy atom. The van der Waals surface area contributed by atoms with Gasteiger partial charge >= 0.3 is 0 Å². The number of nitrogens with one attached hydrogen (secondary N) is 1. The lowest BCUT2D eigenvalue weighted by Crippen LogP contribution is -2.12. The van der Waals surface area contributed by atoms with E-state index in [2.05, 4.69) is 4.72 Å². The van der Waals surface area contributed by atoms with E-state index in [1.807, 2.05) is 12.1 Å². The molecule has 136 valence electrons. The van der Waals surface area contributed by atoms with Crippen LogP contribution in [0.1, 0.15) is 15.9 Å². The predicted octanol–water partition coefficient (Wildman–Crippen LogP) is 5.04. The van der Waals surface area contributed by atoms with Crippen LogP contribution in [0.3, 0.4) is 0 Å². The van der Waals surface area contributed by atoms with Gasteiger partial charge in [0.25, 0.3) is 10.0 Å². The second-order valence-corrected chi connectivity index (χ2v) is 7.86. The van der Waals surface area contributed by atoms with Gasteiger partial charge in [-0.3, -0.25) is 9.52 Å². The topological polar surface area (TPSA) is 63.2 Å². The van der Waals surface area contributed by atoms with Crippen LogP contribution < -0.4 is 4.72 Å². The van der Waals surface area contributed by atoms with Gasteiger partial charge in [-0.05, 0) is 60.2 Å². The molecule has 0 aromatic heterocycles. The summed E-state index contributed by atoms with van der Waals surface area (Å²) >= 11 is 5.83. The minimum absolute atomic E-state index is 0.177. The molecule has 0 fully saturated rings. The van der Waals surface area contributed by atoms with Gasteiger partial charge in [-0.1, -0.05) is 48.0 Å². The molecule has 0 saturated heterocycles. The molecule has 0 aliphatic carbocycles. The SMILES string of the molecule is O=C(/C=C/c1ccc(Cl)cc1)c1ccc(NS(=O)(=O)c2ccccc2)cc1. The van der Waals surface area contributed by atoms with E-state index in [1.54, 1.807) is 60.7 Å². The monoisotopic (exact) mass is 397 g/mol. The van der Waals surface area contributed by atoms with Crippen LogP contribution in [0.4, 0.5) is 5.69 Å². The van der Waals surface area contributed by atoms with E-state index >= 15 is 0 Å². The van der Waals surface area contributed by atoms with Crippen LogP contribution in [0.15, 0.2) is 89.8 Å². The Balaban J connectivity index is 1.69. The van der Waals surface area contributed by atoms with Crippen molar-refractivity contribution in [1.82, 2.24) is 0 Å². The van der Waals surface area contributed by atoms with Gasteiger partial charge < -0.3 is 0 Å². The van der Waals surface area contributed by atoms with Crippen molar-refractivity contribution in [3.05, 3.63) is 101 Å². The molecule has 0 amide bonds. The van der Waals surface area contributed by atoms with E-state index in [0.29, 0.717) is 16.3 Å². The number of allylic oxidation sites excluding steroid dienone is 1. The third-order valence-corrected chi connectivity index (χ3v) is 5.42. The molecule has 4 nitrogen and oxygen atoms in total. The van der Waals surface area contributed by atoms with Crippen LogP contribution in [0.25, 0.3) is 6.08 Å². The Bertz CT molecular complexity index is 1060. The van der Waals surface area contributed by atoms with Crippen LogP contribution in [0.2, 0.25) is 5.02 Å². The molecule has 27 heavy (non-hydrogen) atoms. The first-order valence-corrected chi connectivity index (χ1v) is 9.96. The number of hydrogen-bond acceptors (Lipinski definition) is 3. The summed E-state index contributed by atoms with van der Waals surface area (Å²) in [5, 5.41) is 0.632. The molecule has 0 aliphatic heterocycles. The van der Waals surface area contributed by atoms with Crippen molar-refractivity contribution in [1.29, 1.82) is 0 Å². The summed E-state index contributed by atoms with van der Waals surface area (Å²) in [6, 6.07) is 21.5. The van der Waals surface area contributed by atoms with Crippen molar-refractivity contribution in [2.75, 3.05) is 4.72 Å². The summed E-state index contributed by atoms with van der Waals surface area (Å²) in [7, 11) is -3.66. The van der Waals surface area contributed by atoms with Crippen molar-refractivity contribution in [3.8, 4) is 0 Å². The molecule has 0 unspecified atom stereocenters. The van der Waals surface area contributed by atoms with Crippen molar-refractivity contribution in [2.45, 2.75) is 4.90 Å². The van der Waals surface area contributed by atoms with Gasteiger partial charge in [0, 0.05) is 16.3 Å². The zero-order chi connectivity index (χ0) is 19.3. The van der Waals surface area contributed by atoms with Gasteiger partial charge in [-0.2, -0.15) is 0 Å². The number of benzene rings is 3. The summed E-state index contributed by atoms with van der Waals surface area (Å²) < 4.78 is 27.1. The molecule has 0 heterocycles. The van der Waals surface area contributed by atoms with E-state index in [-0.39, 0.29) is 10.7 Å². The lowest BCUT2D eigenvalue weighted by atomic mass is 10.1. The highest BCUT2D eigenvalue weighted by atomic mass is 35.5. The van der Waals surface area contributed by atoms with Crippen LogP contribution in [0.5, 0.6) is 0 Å². The average Bonchev–Trinajstić information content (AvgIpc) is 2.68. The number of anilines is 1. The smallest absolute Gasteiger partial charge is 0.261 e. The zero-order valence-corrected chi connectivity index (χ0v) is 15.7. The molecule has 0 saturated carbocycles. The number of rotatable bonds is 6. The predicted molar refractivity (Wildman–Crippen MR) is 109 cm³/mol. The molecule has 1 N–H and O–H groups in total. The Morgan fingerprint density at radius 2 is 1.48 bits per heavy atom. The first-order valence-electron chi connectivity index (χ1n) is 8.10. The summed E-state index contributed by atoms with van der Waals surface area (Å²) in [5.74, 6) is -0.178. The fraction of sp³-hybridized carbons (Fsp3) is 0. The fourth-order valence-electron chi connectivity index (χ4n) is 2.36. The van der Waals surface area contributed by atoms with Crippen LogP contribution >= 0.6 is 11.6 Å². The number of sulfonamides is 1. The minimum Gasteiger partial charge on any atom is -0.289 e. The Kier molecular flexibility index (Phi) is 5.74. The maximum atomic E-state index is 12.3. The summed E-state index contributed by atoms with van der Waals surface area (Å²) in [4.78, 5) is 12.4. The highest BCUT2D eigenvalue weighted by Gasteiger charge is 2.13. The first kappa shape index (κ1) is 18.9. The second-order valence-electron chi connectivity index (χ2n) is 5.75. The normalized spacial score (nSPS) is 11.4. The van der Waals surface area contributed by atoms with Crippen LogP contribution in [-0.2, 0) is 10.0 Å². The molecule has 0 radical (unpaired) electrons. The fourth-order valence-corrected chi connectivity index (χ4v) is 3.56. The number of ketones is 1. The molecular weight excluding hydrogens is 382 g/mol. The van der Waals surface area contributed by atoms with Gasteiger partial charge in [-0.15, -0.1) is 0 Å². The van der Waals surface area contributed by atoms with Crippen molar-refractivity contribution in [2.24, 2.45) is 0 Å². The van der Waals surface area contributed by atoms with E-state index in [9.17, 15) is 13.2 Å². The van der Waals surface area contributed by atoms with E-state index in [4.69, 9.17) is 11.6 Å². The molecule has 0 spiro atoms. The zero-order valence-electron chi connectivity index (χ0n) is 14.2. The molecule has 3 aromatic carbocycles. The maximum absolute atomic E-state index is 12.3. The number of hydrogen-bond donors (Lipinski definition) is 1. The molecule has 0 aliphatic rings. The molecule has 0 bridgehead atoms. The second kappa shape index (κ2) is 8.20. The largest absolute Gasteiger partial charge is 0.289 e. The van der Waals surface area contributed by atoms with Gasteiger partial charge in [0.15, 0.2) is 5.78 Å². The van der Waals surface area contributed by atoms with Gasteiger partial charge in [0.05, 0.1) is 4.90 Å². The third-order valence-electron chi connectivity index (χ3n) is 3.77. The van der Waals surface area contributed by atoms with Gasteiger partial charge in [-0.25, -0.2) is 8.42 Å². The van der Waals surface area contributed by atoms with Crippen molar-refractivity contribution in [3.63, 3.8) is 0 Å². The molecule has 0 atom stereocenters. The molecule has 3 rings (SSSR count). The highest BCUT2D eigenvalue weighted by molar-refractivity contribution is 7.92. The van der Waals surface area contributed by atoms with E-state index in [1.165, 1.54) is 18.2 Å². The summed E-state index contributed by atoms with van der Waals surface area (Å²) in [5.41, 5.74) is 1.71. The van der Waals surface area contributed by atoms with Crippen molar-refractivity contribution >= 4 is 39.2 Å². The minimum atomic E-state index is -3.66. The quantitative estimate of drug-likeness (QED) is 0.468. The van der Waals surface area contributed by atoms with Crippen molar-refractivity contribution < 1.29 is 13.2 Å². The van der Waals surface area contributed by atoms with E-state index in [0.717, 1.165) is 5.56 Å². The van der Waals surface area contributed by atoms with Crippen LogP contribution in [0, 0.1) is 0 Å². The summed E-state index contributed by atoms with van der Waals surface area (Å²) in [6.45, 7) is 0. The Hall–Kier alpha value is -2.89. The first-order chi connectivity index (χ1) is 12.9. The lowest BCUT2D eigenvalue weighted by molar-refractivity contribution is 0.104. The number of halogens is 1.